The molecular formula is C14H17N5O2. The van der Waals surface area contributed by atoms with Crippen molar-refractivity contribution in [2.75, 3.05) is 5.32 Å². The van der Waals surface area contributed by atoms with Crippen LogP contribution in [0.15, 0.2) is 30.9 Å². The van der Waals surface area contributed by atoms with E-state index in [-0.39, 0.29) is 12.1 Å². The first-order valence-corrected chi connectivity index (χ1v) is 6.80. The highest BCUT2D eigenvalue weighted by Gasteiger charge is 2.13. The molecule has 2 N–H and O–H groups in total. The molecule has 1 aromatic heterocycles. The summed E-state index contributed by atoms with van der Waals surface area (Å²) in [5.74, 6) is 0. The second kappa shape index (κ2) is 5.92. The fourth-order valence-corrected chi connectivity index (χ4v) is 2.29. The lowest BCUT2D eigenvalue weighted by Gasteiger charge is -2.14. The first-order valence-electron chi connectivity index (χ1n) is 6.80. The Bertz CT molecular complexity index is 626. The average molecular weight is 287 g/mol. The minimum Gasteiger partial charge on any atom is -0.372 e. The summed E-state index contributed by atoms with van der Waals surface area (Å²) >= 11 is 0. The molecule has 0 spiro atoms. The molecule has 1 unspecified atom stereocenters. The molecule has 110 valence electrons. The molecule has 7 nitrogen and oxygen atoms in total. The molecule has 0 saturated carbocycles. The minimum atomic E-state index is -0.235. The third-order valence-electron chi connectivity index (χ3n) is 3.28. The number of carbonyl (C=O) groups is 1. The van der Waals surface area contributed by atoms with E-state index in [4.69, 9.17) is 4.74 Å². The molecule has 7 heteroatoms. The molecule has 0 radical (unpaired) electrons. The van der Waals surface area contributed by atoms with Crippen molar-refractivity contribution >= 4 is 11.7 Å². The van der Waals surface area contributed by atoms with Crippen molar-refractivity contribution in [2.45, 2.75) is 32.7 Å². The van der Waals surface area contributed by atoms with E-state index in [1.54, 1.807) is 11.0 Å². The Kier molecular flexibility index (Phi) is 3.83. The third kappa shape index (κ3) is 3.38. The summed E-state index contributed by atoms with van der Waals surface area (Å²) in [5.41, 5.74) is 3.08. The molecule has 1 atom stereocenters. The number of hydrogen-bond donors (Lipinski definition) is 2. The predicted molar refractivity (Wildman–Crippen MR) is 76.6 cm³/mol. The Morgan fingerprint density at radius 1 is 1.43 bits per heavy atom. The normalized spacial score (nSPS) is 14.5. The summed E-state index contributed by atoms with van der Waals surface area (Å²) in [5, 5.41) is 9.70. The molecule has 1 aliphatic heterocycles. The average Bonchev–Trinajstić information content (AvgIpc) is 3.08. The minimum absolute atomic E-state index is 0.0514. The molecule has 2 heterocycles. The van der Waals surface area contributed by atoms with Crippen molar-refractivity contribution in [3.05, 3.63) is 42.0 Å². The van der Waals surface area contributed by atoms with E-state index in [2.05, 4.69) is 20.7 Å². The van der Waals surface area contributed by atoms with Crippen LogP contribution in [0.4, 0.5) is 10.5 Å². The fraction of sp³-hybridized carbons (Fsp3) is 0.357. The molecule has 0 aliphatic carbocycles. The van der Waals surface area contributed by atoms with Crippen LogP contribution in [0.2, 0.25) is 0 Å². The van der Waals surface area contributed by atoms with Crippen LogP contribution in [0, 0.1) is 0 Å². The van der Waals surface area contributed by atoms with Crippen LogP contribution < -0.4 is 10.6 Å². The number of fused-ring (bicyclic) bond motifs is 1. The van der Waals surface area contributed by atoms with Gasteiger partial charge in [0.2, 0.25) is 0 Å². The topological polar surface area (TPSA) is 81.1 Å². The maximum absolute atomic E-state index is 12.0. The Morgan fingerprint density at radius 3 is 3.10 bits per heavy atom. The van der Waals surface area contributed by atoms with E-state index in [9.17, 15) is 4.79 Å². The summed E-state index contributed by atoms with van der Waals surface area (Å²) in [7, 11) is 0. The number of aromatic nitrogens is 3. The van der Waals surface area contributed by atoms with Gasteiger partial charge in [-0.15, -0.1) is 0 Å². The number of benzene rings is 1. The molecule has 1 aromatic carbocycles. The van der Waals surface area contributed by atoms with Gasteiger partial charge in [0.25, 0.3) is 0 Å². The van der Waals surface area contributed by atoms with Crippen molar-refractivity contribution in [1.29, 1.82) is 0 Å². The van der Waals surface area contributed by atoms with Gasteiger partial charge in [-0.05, 0) is 30.2 Å². The van der Waals surface area contributed by atoms with Gasteiger partial charge in [0, 0.05) is 11.7 Å². The number of hydrogen-bond acceptors (Lipinski definition) is 4. The number of rotatable bonds is 4. The summed E-state index contributed by atoms with van der Waals surface area (Å²) < 4.78 is 7.03. The first kappa shape index (κ1) is 13.6. The van der Waals surface area contributed by atoms with E-state index < -0.39 is 0 Å². The van der Waals surface area contributed by atoms with Crippen molar-refractivity contribution in [3.8, 4) is 0 Å². The summed E-state index contributed by atoms with van der Waals surface area (Å²) in [6, 6.07) is 5.53. The van der Waals surface area contributed by atoms with Crippen LogP contribution in [0.25, 0.3) is 0 Å². The molecule has 0 fully saturated rings. The lowest BCUT2D eigenvalue weighted by Crippen LogP contribution is -2.38. The van der Waals surface area contributed by atoms with Gasteiger partial charge in [0.05, 0.1) is 19.8 Å². The zero-order chi connectivity index (χ0) is 14.7. The van der Waals surface area contributed by atoms with Crippen LogP contribution in [-0.4, -0.2) is 26.8 Å². The SMILES string of the molecule is CC(Cn1cncn1)NC(=O)Nc1ccc2c(c1)COC2. The van der Waals surface area contributed by atoms with Crippen LogP contribution in [-0.2, 0) is 24.5 Å². The number of carbonyl (C=O) groups excluding carboxylic acids is 1. The highest BCUT2D eigenvalue weighted by Crippen LogP contribution is 2.23. The van der Waals surface area contributed by atoms with Gasteiger partial charge in [0.1, 0.15) is 12.7 Å². The van der Waals surface area contributed by atoms with E-state index in [1.165, 1.54) is 11.9 Å². The molecule has 1 aliphatic rings. The Balaban J connectivity index is 1.54. The van der Waals surface area contributed by atoms with Crippen molar-refractivity contribution in [2.24, 2.45) is 0 Å². The third-order valence-corrected chi connectivity index (χ3v) is 3.28. The zero-order valence-electron chi connectivity index (χ0n) is 11.7. The zero-order valence-corrected chi connectivity index (χ0v) is 11.7. The quantitative estimate of drug-likeness (QED) is 0.893. The molecule has 3 rings (SSSR count). The highest BCUT2D eigenvalue weighted by atomic mass is 16.5. The fourth-order valence-electron chi connectivity index (χ4n) is 2.29. The lowest BCUT2D eigenvalue weighted by atomic mass is 10.1. The second-order valence-electron chi connectivity index (χ2n) is 5.09. The van der Waals surface area contributed by atoms with Crippen LogP contribution in [0.3, 0.4) is 0 Å². The number of amides is 2. The number of nitrogens with one attached hydrogen (secondary N) is 2. The van der Waals surface area contributed by atoms with Gasteiger partial charge in [0.15, 0.2) is 0 Å². The van der Waals surface area contributed by atoms with Crippen LogP contribution in [0.1, 0.15) is 18.1 Å². The Morgan fingerprint density at radius 2 is 2.29 bits per heavy atom. The highest BCUT2D eigenvalue weighted by molar-refractivity contribution is 5.89. The maximum atomic E-state index is 12.0. The van der Waals surface area contributed by atoms with E-state index >= 15 is 0 Å². The van der Waals surface area contributed by atoms with Crippen LogP contribution in [0.5, 0.6) is 0 Å². The standard InChI is InChI=1S/C14H17N5O2/c1-10(5-19-9-15-8-16-19)17-14(20)18-13-3-2-11-6-21-7-12(11)4-13/h2-4,8-10H,5-7H2,1H3,(H2,17,18,20). The molecule has 2 aromatic rings. The monoisotopic (exact) mass is 287 g/mol. The Labute approximate surface area is 122 Å². The van der Waals surface area contributed by atoms with Crippen molar-refractivity contribution < 1.29 is 9.53 Å². The molecule has 2 amide bonds. The number of urea groups is 1. The Hall–Kier alpha value is -2.41. The summed E-state index contributed by atoms with van der Waals surface area (Å²) in [4.78, 5) is 15.8. The number of ether oxygens (including phenoxy) is 1. The van der Waals surface area contributed by atoms with Crippen molar-refractivity contribution in [3.63, 3.8) is 0 Å². The largest absolute Gasteiger partial charge is 0.372 e. The van der Waals surface area contributed by atoms with Crippen molar-refractivity contribution in [1.82, 2.24) is 20.1 Å². The van der Waals surface area contributed by atoms with Gasteiger partial charge in [-0.25, -0.2) is 9.78 Å². The molecule has 21 heavy (non-hydrogen) atoms. The lowest BCUT2D eigenvalue weighted by molar-refractivity contribution is 0.134. The summed E-state index contributed by atoms with van der Waals surface area (Å²) in [6.45, 7) is 3.75. The van der Waals surface area contributed by atoms with Gasteiger partial charge in [-0.3, -0.25) is 4.68 Å². The second-order valence-corrected chi connectivity index (χ2v) is 5.09. The van der Waals surface area contributed by atoms with Gasteiger partial charge in [-0.2, -0.15) is 5.10 Å². The predicted octanol–water partition coefficient (Wildman–Crippen LogP) is 1.52. The number of nitrogens with zero attached hydrogens (tertiary/aromatic N) is 3. The number of anilines is 1. The van der Waals surface area contributed by atoms with Gasteiger partial charge >= 0.3 is 6.03 Å². The molecule has 0 saturated heterocycles. The maximum Gasteiger partial charge on any atom is 0.319 e. The van der Waals surface area contributed by atoms with E-state index in [1.807, 2.05) is 25.1 Å². The van der Waals surface area contributed by atoms with Crippen LogP contribution >= 0.6 is 0 Å². The van der Waals surface area contributed by atoms with Gasteiger partial charge in [-0.1, -0.05) is 6.07 Å². The summed E-state index contributed by atoms with van der Waals surface area (Å²) in [6.07, 6.45) is 3.09. The van der Waals surface area contributed by atoms with E-state index in [0.717, 1.165) is 11.3 Å². The molecule has 0 bridgehead atoms. The van der Waals surface area contributed by atoms with Gasteiger partial charge < -0.3 is 15.4 Å². The first-order chi connectivity index (χ1) is 10.2. The smallest absolute Gasteiger partial charge is 0.319 e. The molecular weight excluding hydrogens is 270 g/mol. The van der Waals surface area contributed by atoms with E-state index in [0.29, 0.717) is 19.8 Å².